The van der Waals surface area contributed by atoms with E-state index in [1.165, 1.54) is 6.07 Å². The Morgan fingerprint density at radius 2 is 1.80 bits per heavy atom. The Bertz CT molecular complexity index is 814. The molecule has 162 valence electrons. The quantitative estimate of drug-likeness (QED) is 0.667. The summed E-state index contributed by atoms with van der Waals surface area (Å²) >= 11 is 0. The number of nitrogens with zero attached hydrogens (tertiary/aromatic N) is 1. The number of likely N-dealkylation sites (tertiary alicyclic amines) is 1. The zero-order valence-corrected chi connectivity index (χ0v) is 18.2. The van der Waals surface area contributed by atoms with Gasteiger partial charge in [0.2, 0.25) is 5.91 Å². The number of piperidine rings is 1. The van der Waals surface area contributed by atoms with E-state index in [0.717, 1.165) is 49.2 Å². The van der Waals surface area contributed by atoms with Crippen molar-refractivity contribution in [2.75, 3.05) is 20.2 Å². The summed E-state index contributed by atoms with van der Waals surface area (Å²) in [5.41, 5.74) is 1.83. The lowest BCUT2D eigenvalue weighted by atomic mass is 9.92. The number of ether oxygens (including phenoxy) is 1. The number of benzene rings is 2. The van der Waals surface area contributed by atoms with Crippen molar-refractivity contribution >= 4 is 5.91 Å². The molecule has 0 aromatic heterocycles. The van der Waals surface area contributed by atoms with Crippen molar-refractivity contribution in [2.45, 2.75) is 45.7 Å². The van der Waals surface area contributed by atoms with Crippen LogP contribution in [0.1, 0.15) is 50.3 Å². The van der Waals surface area contributed by atoms with E-state index in [0.29, 0.717) is 12.5 Å². The van der Waals surface area contributed by atoms with Gasteiger partial charge in [-0.1, -0.05) is 44.2 Å². The summed E-state index contributed by atoms with van der Waals surface area (Å²) in [6, 6.07) is 14.9. The highest BCUT2D eigenvalue weighted by atomic mass is 19.1. The molecule has 1 unspecified atom stereocenters. The van der Waals surface area contributed by atoms with E-state index >= 15 is 0 Å². The van der Waals surface area contributed by atoms with E-state index in [1.54, 1.807) is 13.2 Å². The van der Waals surface area contributed by atoms with Crippen molar-refractivity contribution in [2.24, 2.45) is 11.8 Å². The maximum Gasteiger partial charge on any atom is 0.223 e. The van der Waals surface area contributed by atoms with Gasteiger partial charge >= 0.3 is 0 Å². The maximum absolute atomic E-state index is 13.9. The Morgan fingerprint density at radius 1 is 1.13 bits per heavy atom. The summed E-state index contributed by atoms with van der Waals surface area (Å²) in [5, 5.41) is 3.29. The van der Waals surface area contributed by atoms with Gasteiger partial charge in [0.05, 0.1) is 13.2 Å². The minimum atomic E-state index is -0.159. The fraction of sp³-hybridized carbons (Fsp3) is 0.480. The van der Waals surface area contributed by atoms with Crippen LogP contribution in [0.4, 0.5) is 4.39 Å². The van der Waals surface area contributed by atoms with Gasteiger partial charge in [-0.15, -0.1) is 0 Å². The average Bonchev–Trinajstić information content (AvgIpc) is 2.75. The molecule has 1 saturated heterocycles. The van der Waals surface area contributed by atoms with Gasteiger partial charge in [0.15, 0.2) is 0 Å². The molecule has 1 atom stereocenters. The van der Waals surface area contributed by atoms with Crippen LogP contribution in [0.3, 0.4) is 0 Å². The molecule has 3 rings (SSSR count). The highest BCUT2D eigenvalue weighted by Gasteiger charge is 2.27. The van der Waals surface area contributed by atoms with Gasteiger partial charge in [0.1, 0.15) is 11.6 Å². The van der Waals surface area contributed by atoms with E-state index in [1.807, 2.05) is 36.4 Å². The molecule has 0 saturated carbocycles. The van der Waals surface area contributed by atoms with Crippen LogP contribution in [-0.4, -0.2) is 31.0 Å². The Kier molecular flexibility index (Phi) is 7.86. The summed E-state index contributed by atoms with van der Waals surface area (Å²) in [4.78, 5) is 15.2. The molecule has 0 aliphatic carbocycles. The van der Waals surface area contributed by atoms with Gasteiger partial charge in [0, 0.05) is 18.0 Å². The van der Waals surface area contributed by atoms with E-state index < -0.39 is 0 Å². The van der Waals surface area contributed by atoms with Crippen molar-refractivity contribution < 1.29 is 13.9 Å². The molecule has 1 N–H and O–H groups in total. The Hall–Kier alpha value is -2.40. The number of rotatable bonds is 8. The van der Waals surface area contributed by atoms with Gasteiger partial charge in [-0.2, -0.15) is 0 Å². The number of hydrogen-bond acceptors (Lipinski definition) is 3. The fourth-order valence-corrected chi connectivity index (χ4v) is 4.10. The molecule has 30 heavy (non-hydrogen) atoms. The zero-order chi connectivity index (χ0) is 21.5. The third-order valence-corrected chi connectivity index (χ3v) is 5.85. The molecule has 2 aromatic carbocycles. The monoisotopic (exact) mass is 412 g/mol. The summed E-state index contributed by atoms with van der Waals surface area (Å²) in [5.74, 6) is 1.26. The van der Waals surface area contributed by atoms with Crippen molar-refractivity contribution in [1.82, 2.24) is 10.2 Å². The molecule has 0 spiro atoms. The molecule has 1 amide bonds. The first-order chi connectivity index (χ1) is 14.5. The van der Waals surface area contributed by atoms with E-state index in [2.05, 4.69) is 24.1 Å². The highest BCUT2D eigenvalue weighted by Crippen LogP contribution is 2.26. The van der Waals surface area contributed by atoms with Gasteiger partial charge in [-0.3, -0.25) is 9.69 Å². The summed E-state index contributed by atoms with van der Waals surface area (Å²) < 4.78 is 19.2. The molecule has 4 nitrogen and oxygen atoms in total. The Balaban J connectivity index is 1.56. The number of halogens is 1. The predicted molar refractivity (Wildman–Crippen MR) is 118 cm³/mol. The van der Waals surface area contributed by atoms with Crippen LogP contribution >= 0.6 is 0 Å². The van der Waals surface area contributed by atoms with E-state index in [-0.39, 0.29) is 23.7 Å². The molecule has 1 fully saturated rings. The van der Waals surface area contributed by atoms with Crippen LogP contribution in [0.2, 0.25) is 0 Å². The fourth-order valence-electron chi connectivity index (χ4n) is 4.10. The van der Waals surface area contributed by atoms with Crippen LogP contribution in [0, 0.1) is 17.7 Å². The van der Waals surface area contributed by atoms with Crippen molar-refractivity contribution in [3.05, 3.63) is 65.5 Å². The van der Waals surface area contributed by atoms with Crippen LogP contribution in [0.25, 0.3) is 0 Å². The summed E-state index contributed by atoms with van der Waals surface area (Å²) in [6.07, 6.45) is 2.50. The molecule has 2 aromatic rings. The number of hydrogen-bond donors (Lipinski definition) is 1. The second kappa shape index (κ2) is 10.6. The Morgan fingerprint density at radius 3 is 2.40 bits per heavy atom. The summed E-state index contributed by atoms with van der Waals surface area (Å²) in [7, 11) is 1.65. The standard InChI is InChI=1S/C25H33FN2O2/c1-18(2)16-24(19-8-10-22(30-3)11-9-19)27-25(29)20-12-14-28(15-13-20)17-21-6-4-5-7-23(21)26/h4-11,18,20,24H,12-17H2,1-3H3,(H,27,29). The molecule has 0 bridgehead atoms. The molecule has 1 aliphatic rings. The van der Waals surface area contributed by atoms with Crippen LogP contribution in [0.5, 0.6) is 5.75 Å². The average molecular weight is 413 g/mol. The molecular weight excluding hydrogens is 379 g/mol. The molecule has 5 heteroatoms. The topological polar surface area (TPSA) is 41.6 Å². The lowest BCUT2D eigenvalue weighted by Gasteiger charge is -2.32. The van der Waals surface area contributed by atoms with Crippen molar-refractivity contribution in [1.29, 1.82) is 0 Å². The third kappa shape index (κ3) is 6.05. The normalized spacial score (nSPS) is 16.4. The van der Waals surface area contributed by atoms with Crippen molar-refractivity contribution in [3.8, 4) is 5.75 Å². The van der Waals surface area contributed by atoms with Gasteiger partial charge in [0.25, 0.3) is 0 Å². The van der Waals surface area contributed by atoms with E-state index in [9.17, 15) is 9.18 Å². The van der Waals surface area contributed by atoms with Gasteiger partial charge in [-0.05, 0) is 62.0 Å². The molecule has 1 heterocycles. The first-order valence-corrected chi connectivity index (χ1v) is 10.9. The second-order valence-electron chi connectivity index (χ2n) is 8.61. The van der Waals surface area contributed by atoms with Crippen molar-refractivity contribution in [3.63, 3.8) is 0 Å². The largest absolute Gasteiger partial charge is 0.497 e. The maximum atomic E-state index is 13.9. The number of nitrogens with one attached hydrogen (secondary N) is 1. The minimum Gasteiger partial charge on any atom is -0.497 e. The van der Waals surface area contributed by atoms with Crippen LogP contribution in [0.15, 0.2) is 48.5 Å². The first kappa shape index (κ1) is 22.3. The summed E-state index contributed by atoms with van der Waals surface area (Å²) in [6.45, 7) is 6.56. The van der Waals surface area contributed by atoms with Gasteiger partial charge in [-0.25, -0.2) is 4.39 Å². The lowest BCUT2D eigenvalue weighted by molar-refractivity contribution is -0.127. The molecule has 0 radical (unpaired) electrons. The first-order valence-electron chi connectivity index (χ1n) is 10.9. The number of carbonyl (C=O) groups is 1. The number of amides is 1. The van der Waals surface area contributed by atoms with Crippen LogP contribution < -0.4 is 10.1 Å². The second-order valence-corrected chi connectivity index (χ2v) is 8.61. The predicted octanol–water partition coefficient (Wildman–Crippen LogP) is 4.95. The Labute approximate surface area is 179 Å². The highest BCUT2D eigenvalue weighted by molar-refractivity contribution is 5.79. The lowest BCUT2D eigenvalue weighted by Crippen LogP contribution is -2.41. The molecule has 1 aliphatic heterocycles. The van der Waals surface area contributed by atoms with Gasteiger partial charge < -0.3 is 10.1 Å². The number of methoxy groups -OCH3 is 1. The SMILES string of the molecule is COc1ccc(C(CC(C)C)NC(=O)C2CCN(Cc3ccccc3F)CC2)cc1. The number of carbonyl (C=O) groups excluding carboxylic acids is 1. The van der Waals surface area contributed by atoms with E-state index in [4.69, 9.17) is 4.74 Å². The zero-order valence-electron chi connectivity index (χ0n) is 18.2. The third-order valence-electron chi connectivity index (χ3n) is 5.85. The smallest absolute Gasteiger partial charge is 0.223 e. The molecular formula is C25H33FN2O2. The van der Waals surface area contributed by atoms with Crippen LogP contribution in [-0.2, 0) is 11.3 Å². The minimum absolute atomic E-state index is 0.000139.